The number of fused-ring (bicyclic) bond motifs is 1. The quantitative estimate of drug-likeness (QED) is 0.552. The number of amides is 2. The summed E-state index contributed by atoms with van der Waals surface area (Å²) in [6.07, 6.45) is 4.26. The highest BCUT2D eigenvalue weighted by molar-refractivity contribution is 6.11. The Balaban J connectivity index is 1.45. The fourth-order valence-corrected chi connectivity index (χ4v) is 3.60. The Kier molecular flexibility index (Phi) is 4.50. The van der Waals surface area contributed by atoms with Gasteiger partial charge in [-0.05, 0) is 18.9 Å². The predicted molar refractivity (Wildman–Crippen MR) is 115 cm³/mol. The minimum atomic E-state index is -0.390. The summed E-state index contributed by atoms with van der Waals surface area (Å²) in [6, 6.07) is 11.5. The lowest BCUT2D eigenvalue weighted by molar-refractivity contribution is 0.0648. The summed E-state index contributed by atoms with van der Waals surface area (Å²) < 4.78 is 3.12. The third kappa shape index (κ3) is 3.33. The molecule has 0 aliphatic carbocycles. The summed E-state index contributed by atoms with van der Waals surface area (Å²) in [4.78, 5) is 32.0. The Morgan fingerprint density at radius 2 is 1.90 bits per heavy atom. The maximum atomic E-state index is 13.1. The van der Waals surface area contributed by atoms with Crippen LogP contribution >= 0.6 is 0 Å². The molecule has 1 N–H and O–H groups in total. The minimum Gasteiger partial charge on any atom is -0.338 e. The molecule has 1 saturated heterocycles. The highest BCUT2D eigenvalue weighted by atomic mass is 16.2. The van der Waals surface area contributed by atoms with Gasteiger partial charge >= 0.3 is 0 Å². The first-order chi connectivity index (χ1) is 15.0. The van der Waals surface area contributed by atoms with E-state index in [2.05, 4.69) is 20.5 Å². The number of hydrogen-bond donors (Lipinski definition) is 1. The van der Waals surface area contributed by atoms with E-state index < -0.39 is 0 Å². The normalized spacial score (nSPS) is 13.3. The molecule has 31 heavy (non-hydrogen) atoms. The Hall–Kier alpha value is -4.01. The summed E-state index contributed by atoms with van der Waals surface area (Å²) in [5.41, 5.74) is 3.51. The van der Waals surface area contributed by atoms with Crippen molar-refractivity contribution in [3.63, 3.8) is 0 Å². The van der Waals surface area contributed by atoms with Crippen molar-refractivity contribution in [1.29, 1.82) is 0 Å². The number of carbonyl (C=O) groups excluding carboxylic acids is 2. The molecule has 0 saturated carbocycles. The molecule has 0 bridgehead atoms. The van der Waals surface area contributed by atoms with Gasteiger partial charge in [-0.1, -0.05) is 30.3 Å². The first-order valence-corrected chi connectivity index (χ1v) is 10.1. The Morgan fingerprint density at radius 3 is 2.61 bits per heavy atom. The van der Waals surface area contributed by atoms with Crippen molar-refractivity contribution in [3.05, 3.63) is 65.6 Å². The third-order valence-electron chi connectivity index (χ3n) is 5.48. The molecular weight excluding hydrogens is 394 g/mol. The maximum Gasteiger partial charge on any atom is 0.274 e. The van der Waals surface area contributed by atoms with Gasteiger partial charge in [-0.2, -0.15) is 5.10 Å². The van der Waals surface area contributed by atoms with Crippen molar-refractivity contribution in [2.45, 2.75) is 13.3 Å². The minimum absolute atomic E-state index is 0.165. The van der Waals surface area contributed by atoms with Crippen LogP contribution in [0.25, 0.3) is 17.0 Å². The van der Waals surface area contributed by atoms with E-state index in [4.69, 9.17) is 0 Å². The number of benzene rings is 1. The van der Waals surface area contributed by atoms with E-state index in [-0.39, 0.29) is 17.5 Å². The summed E-state index contributed by atoms with van der Waals surface area (Å²) in [6.45, 7) is 3.30. The number of anilines is 1. The molecule has 156 valence electrons. The second kappa shape index (κ2) is 7.35. The fourth-order valence-electron chi connectivity index (χ4n) is 3.60. The van der Waals surface area contributed by atoms with Crippen LogP contribution in [-0.2, 0) is 7.05 Å². The molecule has 0 radical (unpaired) electrons. The fraction of sp³-hybridized carbons (Fsp3) is 0.227. The molecule has 4 heterocycles. The predicted octanol–water partition coefficient (Wildman–Crippen LogP) is 2.54. The highest BCUT2D eigenvalue weighted by Gasteiger charge is 2.29. The summed E-state index contributed by atoms with van der Waals surface area (Å²) >= 11 is 0. The molecule has 0 spiro atoms. The number of nitrogens with zero attached hydrogens (tertiary/aromatic N) is 6. The average molecular weight is 415 g/mol. The van der Waals surface area contributed by atoms with Crippen LogP contribution in [0.2, 0.25) is 0 Å². The second-order valence-electron chi connectivity index (χ2n) is 7.60. The number of rotatable bonds is 4. The van der Waals surface area contributed by atoms with E-state index >= 15 is 0 Å². The number of aromatic nitrogens is 5. The molecule has 0 atom stereocenters. The highest BCUT2D eigenvalue weighted by Crippen LogP contribution is 2.22. The average Bonchev–Trinajstić information content (AvgIpc) is 3.30. The van der Waals surface area contributed by atoms with Crippen LogP contribution in [0.3, 0.4) is 0 Å². The van der Waals surface area contributed by atoms with E-state index in [0.717, 1.165) is 17.5 Å². The molecule has 5 rings (SSSR count). The standard InChI is InChI=1S/C22H21N7O2/c1-14-13-29-18(25-20(26-29)15-7-4-3-5-8-15)11-17(14)24-21(30)19-16(12-23-27(19)2)22(31)28-9-6-10-28/h3-5,7-8,11-13H,6,9-10H2,1-2H3,(H,24,30). The van der Waals surface area contributed by atoms with Crippen LogP contribution in [-0.4, -0.2) is 54.2 Å². The van der Waals surface area contributed by atoms with Crippen molar-refractivity contribution in [1.82, 2.24) is 29.3 Å². The van der Waals surface area contributed by atoms with Crippen LogP contribution < -0.4 is 5.32 Å². The van der Waals surface area contributed by atoms with Gasteiger partial charge in [0.25, 0.3) is 11.8 Å². The zero-order chi connectivity index (χ0) is 21.5. The van der Waals surface area contributed by atoms with E-state index in [9.17, 15) is 9.59 Å². The van der Waals surface area contributed by atoms with Gasteiger partial charge in [0, 0.05) is 43.7 Å². The van der Waals surface area contributed by atoms with Crippen LogP contribution in [0.5, 0.6) is 0 Å². The molecule has 3 aromatic heterocycles. The lowest BCUT2D eigenvalue weighted by Gasteiger charge is -2.30. The monoisotopic (exact) mass is 415 g/mol. The zero-order valence-corrected chi connectivity index (χ0v) is 17.2. The van der Waals surface area contributed by atoms with Gasteiger partial charge in [0.1, 0.15) is 5.69 Å². The van der Waals surface area contributed by atoms with E-state index in [1.54, 1.807) is 22.5 Å². The third-order valence-corrected chi connectivity index (χ3v) is 5.48. The summed E-state index contributed by atoms with van der Waals surface area (Å²) in [5.74, 6) is 0.0540. The van der Waals surface area contributed by atoms with Crippen molar-refractivity contribution >= 4 is 23.1 Å². The number of aryl methyl sites for hydroxylation is 2. The molecule has 2 amide bonds. The molecule has 1 aliphatic heterocycles. The molecule has 1 aromatic carbocycles. The molecule has 1 fully saturated rings. The van der Waals surface area contributed by atoms with Gasteiger partial charge in [-0.15, -0.1) is 5.10 Å². The van der Waals surface area contributed by atoms with Crippen LogP contribution in [0.4, 0.5) is 5.69 Å². The van der Waals surface area contributed by atoms with Crippen molar-refractivity contribution < 1.29 is 9.59 Å². The molecule has 0 unspecified atom stereocenters. The SMILES string of the molecule is Cc1cn2nc(-c3ccccc3)nc2cc1NC(=O)c1c(C(=O)N2CCC2)cnn1C. The molecular formula is C22H21N7O2. The number of hydrogen-bond acceptors (Lipinski definition) is 5. The van der Waals surface area contributed by atoms with Gasteiger partial charge in [-0.3, -0.25) is 14.3 Å². The van der Waals surface area contributed by atoms with Gasteiger partial charge < -0.3 is 10.2 Å². The largest absolute Gasteiger partial charge is 0.338 e. The first kappa shape index (κ1) is 19.0. The van der Waals surface area contributed by atoms with E-state index in [0.29, 0.717) is 35.8 Å². The van der Waals surface area contributed by atoms with Gasteiger partial charge in [0.05, 0.1) is 11.8 Å². The van der Waals surface area contributed by atoms with E-state index in [1.807, 2.05) is 43.5 Å². The van der Waals surface area contributed by atoms with Crippen LogP contribution in [0, 0.1) is 6.92 Å². The second-order valence-corrected chi connectivity index (χ2v) is 7.60. The number of pyridine rings is 1. The van der Waals surface area contributed by atoms with Crippen LogP contribution in [0.15, 0.2) is 48.8 Å². The summed E-state index contributed by atoms with van der Waals surface area (Å²) in [7, 11) is 1.66. The lowest BCUT2D eigenvalue weighted by Crippen LogP contribution is -2.42. The molecule has 1 aliphatic rings. The van der Waals surface area contributed by atoms with Crippen molar-refractivity contribution in [2.24, 2.45) is 7.05 Å². The van der Waals surface area contributed by atoms with Gasteiger partial charge in [-0.25, -0.2) is 9.50 Å². The van der Waals surface area contributed by atoms with Gasteiger partial charge in [0.2, 0.25) is 0 Å². The topological polar surface area (TPSA) is 97.4 Å². The van der Waals surface area contributed by atoms with Crippen molar-refractivity contribution in [2.75, 3.05) is 18.4 Å². The number of likely N-dealkylation sites (tertiary alicyclic amines) is 1. The number of carbonyl (C=O) groups is 2. The van der Waals surface area contributed by atoms with Crippen molar-refractivity contribution in [3.8, 4) is 11.4 Å². The molecule has 4 aromatic rings. The Bertz CT molecular complexity index is 1300. The first-order valence-electron chi connectivity index (χ1n) is 10.1. The molecule has 9 nitrogen and oxygen atoms in total. The molecule has 9 heteroatoms. The lowest BCUT2D eigenvalue weighted by atomic mass is 10.1. The zero-order valence-electron chi connectivity index (χ0n) is 17.2. The Morgan fingerprint density at radius 1 is 1.13 bits per heavy atom. The Labute approximate surface area is 178 Å². The smallest absolute Gasteiger partial charge is 0.274 e. The van der Waals surface area contributed by atoms with Crippen LogP contribution in [0.1, 0.15) is 32.8 Å². The van der Waals surface area contributed by atoms with E-state index in [1.165, 1.54) is 10.9 Å². The number of nitrogens with one attached hydrogen (secondary N) is 1. The van der Waals surface area contributed by atoms with Gasteiger partial charge in [0.15, 0.2) is 11.5 Å². The summed E-state index contributed by atoms with van der Waals surface area (Å²) in [5, 5.41) is 11.6. The maximum absolute atomic E-state index is 13.1.